The zero-order valence-electron chi connectivity index (χ0n) is 20.1. The van der Waals surface area contributed by atoms with Gasteiger partial charge in [0.05, 0.1) is 23.6 Å². The van der Waals surface area contributed by atoms with Crippen molar-refractivity contribution in [2.75, 3.05) is 22.6 Å². The van der Waals surface area contributed by atoms with Crippen LogP contribution in [0, 0.1) is 11.6 Å². The molecule has 0 atom stereocenters. The third-order valence-electron chi connectivity index (χ3n) is 4.24. The summed E-state index contributed by atoms with van der Waals surface area (Å²) in [5.74, 6) is -4.26. The molecule has 38 heavy (non-hydrogen) atoms. The number of carbonyl (C=O) groups excluding carboxylic acids is 3. The molecule has 0 unspecified atom stereocenters. The van der Waals surface area contributed by atoms with Crippen LogP contribution in [0.15, 0.2) is 36.7 Å². The number of amides is 3. The number of rotatable bonds is 8. The van der Waals surface area contributed by atoms with Crippen LogP contribution < -0.4 is 20.7 Å². The van der Waals surface area contributed by atoms with Crippen LogP contribution in [0.25, 0.3) is 0 Å². The lowest BCUT2D eigenvalue weighted by atomic mass is 10.1. The highest BCUT2D eigenvalue weighted by atomic mass is 32.1. The SMILES string of the molecule is CC(C)(C)OC(=O)Nc1ncc(C(=O)Nc2cc(C(=O)Nc3ccc(OCC(F)F)cn3)c(F)cc2F)s1. The molecule has 0 spiro atoms. The third kappa shape index (κ3) is 8.12. The first-order chi connectivity index (χ1) is 17.8. The van der Waals surface area contributed by atoms with E-state index in [1.54, 1.807) is 20.8 Å². The summed E-state index contributed by atoms with van der Waals surface area (Å²) in [5.41, 5.74) is -1.87. The van der Waals surface area contributed by atoms with E-state index in [9.17, 15) is 31.9 Å². The largest absolute Gasteiger partial charge is 0.486 e. The Morgan fingerprint density at radius 2 is 1.71 bits per heavy atom. The van der Waals surface area contributed by atoms with Gasteiger partial charge in [0.25, 0.3) is 18.2 Å². The highest BCUT2D eigenvalue weighted by molar-refractivity contribution is 7.17. The lowest BCUT2D eigenvalue weighted by Crippen LogP contribution is -2.27. The topological polar surface area (TPSA) is 132 Å². The van der Waals surface area contributed by atoms with Gasteiger partial charge in [-0.15, -0.1) is 0 Å². The minimum atomic E-state index is -2.68. The van der Waals surface area contributed by atoms with Crippen molar-refractivity contribution in [1.29, 1.82) is 0 Å². The Labute approximate surface area is 217 Å². The molecule has 3 rings (SSSR count). The number of hydrogen-bond donors (Lipinski definition) is 3. The summed E-state index contributed by atoms with van der Waals surface area (Å²) < 4.78 is 63.0. The van der Waals surface area contributed by atoms with Crippen molar-refractivity contribution in [3.8, 4) is 5.75 Å². The van der Waals surface area contributed by atoms with Crippen LogP contribution in [0.3, 0.4) is 0 Å². The predicted octanol–water partition coefficient (Wildman–Crippen LogP) is 5.31. The molecule has 202 valence electrons. The van der Waals surface area contributed by atoms with E-state index in [-0.39, 0.29) is 21.6 Å². The molecule has 0 radical (unpaired) electrons. The predicted molar refractivity (Wildman–Crippen MR) is 130 cm³/mol. The Balaban J connectivity index is 1.68. The van der Waals surface area contributed by atoms with Gasteiger partial charge in [0, 0.05) is 6.07 Å². The Kier molecular flexibility index (Phi) is 8.83. The van der Waals surface area contributed by atoms with Gasteiger partial charge in [0.2, 0.25) is 0 Å². The first-order valence-corrected chi connectivity index (χ1v) is 11.6. The second kappa shape index (κ2) is 11.9. The van der Waals surface area contributed by atoms with Gasteiger partial charge in [-0.05, 0) is 39.0 Å². The smallest absolute Gasteiger partial charge is 0.413 e. The molecule has 0 aliphatic carbocycles. The summed E-state index contributed by atoms with van der Waals surface area (Å²) in [6.07, 6.45) is -1.27. The Morgan fingerprint density at radius 3 is 2.34 bits per heavy atom. The normalized spacial score (nSPS) is 11.2. The number of halogens is 4. The van der Waals surface area contributed by atoms with Crippen molar-refractivity contribution in [3.63, 3.8) is 0 Å². The molecular weight excluding hydrogens is 534 g/mol. The summed E-state index contributed by atoms with van der Waals surface area (Å²) in [5, 5.41) is 6.90. The number of anilines is 3. The number of nitrogens with one attached hydrogen (secondary N) is 3. The molecule has 15 heteroatoms. The highest BCUT2D eigenvalue weighted by Gasteiger charge is 2.21. The average molecular weight is 556 g/mol. The van der Waals surface area contributed by atoms with Gasteiger partial charge in [0.1, 0.15) is 40.3 Å². The minimum absolute atomic E-state index is 0.0220. The van der Waals surface area contributed by atoms with Crippen LogP contribution >= 0.6 is 11.3 Å². The quantitative estimate of drug-likeness (QED) is 0.321. The zero-order valence-corrected chi connectivity index (χ0v) is 20.9. The van der Waals surface area contributed by atoms with Gasteiger partial charge in [-0.3, -0.25) is 14.9 Å². The van der Waals surface area contributed by atoms with E-state index in [1.807, 2.05) is 0 Å². The summed E-state index contributed by atoms with van der Waals surface area (Å²) in [4.78, 5) is 44.6. The molecule has 0 bridgehead atoms. The number of hydrogen-bond acceptors (Lipinski definition) is 8. The lowest BCUT2D eigenvalue weighted by molar-refractivity contribution is 0.0635. The van der Waals surface area contributed by atoms with E-state index >= 15 is 0 Å². The Morgan fingerprint density at radius 1 is 0.974 bits per heavy atom. The highest BCUT2D eigenvalue weighted by Crippen LogP contribution is 2.24. The Hall–Kier alpha value is -4.27. The maximum atomic E-state index is 14.4. The van der Waals surface area contributed by atoms with Crippen molar-refractivity contribution in [3.05, 3.63) is 58.7 Å². The second-order valence-electron chi connectivity index (χ2n) is 8.46. The first-order valence-electron chi connectivity index (χ1n) is 10.8. The molecule has 0 saturated heterocycles. The van der Waals surface area contributed by atoms with Crippen LogP contribution in [0.5, 0.6) is 5.75 Å². The van der Waals surface area contributed by atoms with Crippen molar-refractivity contribution in [1.82, 2.24) is 9.97 Å². The summed E-state index contributed by atoms with van der Waals surface area (Å²) in [6, 6.07) is 3.70. The van der Waals surface area contributed by atoms with Gasteiger partial charge in [-0.25, -0.2) is 32.3 Å². The molecule has 3 aromatic rings. The number of ether oxygens (including phenoxy) is 2. The molecule has 1 aromatic carbocycles. The minimum Gasteiger partial charge on any atom is -0.486 e. The number of pyridine rings is 1. The standard InChI is InChI=1S/C23H21F4N5O5S/c1-23(2,3)37-22(35)32-21-29-9-16(38-21)20(34)30-15-6-12(13(24)7-14(15)25)19(33)31-18-5-4-11(8-28-18)36-10-17(26)27/h4-9,17H,10H2,1-3H3,(H,30,34)(H,28,31,33)(H,29,32,35). The summed E-state index contributed by atoms with van der Waals surface area (Å²) in [6.45, 7) is 4.16. The van der Waals surface area contributed by atoms with Crippen LogP contribution in [0.2, 0.25) is 0 Å². The maximum absolute atomic E-state index is 14.4. The molecule has 3 N–H and O–H groups in total. The number of carbonyl (C=O) groups is 3. The molecule has 3 amide bonds. The molecule has 0 aliphatic rings. The number of thiazole rings is 1. The van der Waals surface area contributed by atoms with Gasteiger partial charge in [-0.2, -0.15) is 0 Å². The van der Waals surface area contributed by atoms with E-state index < -0.39 is 59.4 Å². The molecule has 0 saturated carbocycles. The van der Waals surface area contributed by atoms with Crippen molar-refractivity contribution in [2.45, 2.75) is 32.8 Å². The van der Waals surface area contributed by atoms with Gasteiger partial charge >= 0.3 is 6.09 Å². The van der Waals surface area contributed by atoms with Crippen molar-refractivity contribution < 1.29 is 41.4 Å². The second-order valence-corrected chi connectivity index (χ2v) is 9.49. The van der Waals surface area contributed by atoms with Crippen LogP contribution in [0.4, 0.5) is 39.0 Å². The number of aromatic nitrogens is 2. The first kappa shape index (κ1) is 28.3. The fraction of sp³-hybridized carbons (Fsp3) is 0.261. The lowest BCUT2D eigenvalue weighted by Gasteiger charge is -2.18. The van der Waals surface area contributed by atoms with Crippen LogP contribution in [0.1, 0.15) is 40.8 Å². The fourth-order valence-corrected chi connectivity index (χ4v) is 3.41. The van der Waals surface area contributed by atoms with E-state index in [2.05, 4.69) is 25.9 Å². The molecule has 10 nitrogen and oxygen atoms in total. The van der Waals surface area contributed by atoms with E-state index in [0.717, 1.165) is 29.8 Å². The third-order valence-corrected chi connectivity index (χ3v) is 5.15. The van der Waals surface area contributed by atoms with Crippen molar-refractivity contribution >= 4 is 45.9 Å². The number of benzene rings is 1. The van der Waals surface area contributed by atoms with Crippen LogP contribution in [-0.2, 0) is 4.74 Å². The summed E-state index contributed by atoms with van der Waals surface area (Å²) in [7, 11) is 0. The zero-order chi connectivity index (χ0) is 28.0. The number of nitrogens with zero attached hydrogens (tertiary/aromatic N) is 2. The maximum Gasteiger partial charge on any atom is 0.413 e. The fourth-order valence-electron chi connectivity index (χ4n) is 2.71. The average Bonchev–Trinajstić information content (AvgIpc) is 3.27. The molecule has 0 aliphatic heterocycles. The molecule has 2 heterocycles. The van der Waals surface area contributed by atoms with E-state index in [0.29, 0.717) is 6.07 Å². The van der Waals surface area contributed by atoms with Gasteiger partial charge in [0.15, 0.2) is 5.13 Å². The van der Waals surface area contributed by atoms with Gasteiger partial charge in [-0.1, -0.05) is 11.3 Å². The molecule has 0 fully saturated rings. The van der Waals surface area contributed by atoms with E-state index in [4.69, 9.17) is 9.47 Å². The van der Waals surface area contributed by atoms with Crippen molar-refractivity contribution in [2.24, 2.45) is 0 Å². The summed E-state index contributed by atoms with van der Waals surface area (Å²) >= 11 is 0.771. The monoisotopic (exact) mass is 555 g/mol. The van der Waals surface area contributed by atoms with Gasteiger partial charge < -0.3 is 20.1 Å². The molecule has 2 aromatic heterocycles. The van der Waals surface area contributed by atoms with E-state index in [1.165, 1.54) is 12.1 Å². The molecular formula is C23H21F4N5O5S. The van der Waals surface area contributed by atoms with Crippen LogP contribution in [-0.4, -0.2) is 46.5 Å². The number of alkyl halides is 2. The Bertz CT molecular complexity index is 1330.